The van der Waals surface area contributed by atoms with Crippen molar-refractivity contribution in [2.45, 2.75) is 6.92 Å². The van der Waals surface area contributed by atoms with Crippen LogP contribution in [-0.4, -0.2) is 29.0 Å². The molecule has 9 heteroatoms. The first-order valence-corrected chi connectivity index (χ1v) is 5.99. The summed E-state index contributed by atoms with van der Waals surface area (Å²) in [6.45, 7) is 1.74. The highest BCUT2D eigenvalue weighted by molar-refractivity contribution is 7.80. The van der Waals surface area contributed by atoms with Crippen LogP contribution in [0, 0.1) is 10.1 Å². The zero-order chi connectivity index (χ0) is 15.0. The second kappa shape index (κ2) is 7.79. The lowest BCUT2D eigenvalue weighted by molar-refractivity contribution is -0.384. The molecule has 0 saturated heterocycles. The van der Waals surface area contributed by atoms with E-state index in [4.69, 9.17) is 12.2 Å². The molecule has 0 radical (unpaired) electrons. The van der Waals surface area contributed by atoms with Gasteiger partial charge in [0.1, 0.15) is 0 Å². The van der Waals surface area contributed by atoms with Gasteiger partial charge in [0.05, 0.1) is 22.5 Å². The Morgan fingerprint density at radius 2 is 2.05 bits per heavy atom. The Morgan fingerprint density at radius 1 is 1.40 bits per heavy atom. The summed E-state index contributed by atoms with van der Waals surface area (Å²) in [6, 6.07) is 5.93. The number of hydrogen-bond donors (Lipinski definition) is 3. The molecule has 1 aromatic carbocycles. The normalized spacial score (nSPS) is 11.2. The third-order valence-electron chi connectivity index (χ3n) is 2.08. The van der Waals surface area contributed by atoms with E-state index in [0.29, 0.717) is 16.5 Å². The highest BCUT2D eigenvalue weighted by Gasteiger charge is 2.02. The smallest absolute Gasteiger partial charge is 0.269 e. The molecule has 106 valence electrons. The fourth-order valence-electron chi connectivity index (χ4n) is 1.08. The van der Waals surface area contributed by atoms with Gasteiger partial charge in [-0.05, 0) is 31.3 Å². The number of nitrogens with zero attached hydrogens (tertiary/aromatic N) is 3. The first kappa shape index (κ1) is 15.5. The van der Waals surface area contributed by atoms with Gasteiger partial charge >= 0.3 is 0 Å². The standard InChI is InChI=1S/C11H14N6O2S/c1-8(7-13-16-11(20)12-2)14-15-9-3-5-10(6-4-9)17(18)19/h3-7,15H,1-2H3,(H2,12,16,20)/b13-7+,14-8+. The second-order valence-electron chi connectivity index (χ2n) is 3.62. The van der Waals surface area contributed by atoms with Gasteiger partial charge in [0.2, 0.25) is 0 Å². The van der Waals surface area contributed by atoms with Crippen LogP contribution in [0.1, 0.15) is 6.92 Å². The lowest BCUT2D eigenvalue weighted by atomic mass is 10.3. The number of nitro groups is 1. The van der Waals surface area contributed by atoms with Crippen molar-refractivity contribution in [1.29, 1.82) is 0 Å². The van der Waals surface area contributed by atoms with E-state index in [1.54, 1.807) is 26.1 Å². The van der Waals surface area contributed by atoms with Crippen LogP contribution in [0.4, 0.5) is 11.4 Å². The average Bonchev–Trinajstić information content (AvgIpc) is 2.45. The fraction of sp³-hybridized carbons (Fsp3) is 0.182. The van der Waals surface area contributed by atoms with E-state index in [9.17, 15) is 10.1 Å². The minimum atomic E-state index is -0.457. The first-order chi connectivity index (χ1) is 9.52. The van der Waals surface area contributed by atoms with Crippen molar-refractivity contribution in [3.8, 4) is 0 Å². The topological polar surface area (TPSA) is 104 Å². The molecule has 0 unspecified atom stereocenters. The van der Waals surface area contributed by atoms with Crippen LogP contribution in [0.15, 0.2) is 34.5 Å². The van der Waals surface area contributed by atoms with Crippen molar-refractivity contribution in [2.75, 3.05) is 12.5 Å². The Balaban J connectivity index is 2.54. The van der Waals surface area contributed by atoms with Crippen LogP contribution in [0.3, 0.4) is 0 Å². The van der Waals surface area contributed by atoms with Crippen molar-refractivity contribution in [1.82, 2.24) is 10.7 Å². The molecule has 3 N–H and O–H groups in total. The molecule has 0 bridgehead atoms. The van der Waals surface area contributed by atoms with Gasteiger partial charge in [-0.3, -0.25) is 21.0 Å². The third-order valence-corrected chi connectivity index (χ3v) is 2.38. The quantitative estimate of drug-likeness (QED) is 0.329. The number of nitro benzene ring substituents is 1. The number of rotatable bonds is 5. The number of thiocarbonyl (C=S) groups is 1. The fourth-order valence-corrected chi connectivity index (χ4v) is 1.13. The summed E-state index contributed by atoms with van der Waals surface area (Å²) < 4.78 is 0. The number of hydrogen-bond acceptors (Lipinski definition) is 6. The zero-order valence-corrected chi connectivity index (χ0v) is 11.8. The molecule has 20 heavy (non-hydrogen) atoms. The Kier molecular flexibility index (Phi) is 6.04. The number of benzene rings is 1. The lowest BCUT2D eigenvalue weighted by Gasteiger charge is -2.01. The molecule has 0 atom stereocenters. The summed E-state index contributed by atoms with van der Waals surface area (Å²) >= 11 is 4.84. The van der Waals surface area contributed by atoms with E-state index < -0.39 is 4.92 Å². The van der Waals surface area contributed by atoms with Gasteiger partial charge in [-0.15, -0.1) is 0 Å². The largest absolute Gasteiger partial charge is 0.364 e. The highest BCUT2D eigenvalue weighted by atomic mass is 32.1. The molecule has 0 saturated carbocycles. The maximum atomic E-state index is 10.5. The summed E-state index contributed by atoms with van der Waals surface area (Å²) in [4.78, 5) is 10.0. The van der Waals surface area contributed by atoms with Crippen LogP contribution < -0.4 is 16.2 Å². The number of hydrazone groups is 2. The molecular formula is C11H14N6O2S. The number of anilines is 1. The van der Waals surface area contributed by atoms with Gasteiger partial charge in [0, 0.05) is 19.2 Å². The van der Waals surface area contributed by atoms with Crippen LogP contribution >= 0.6 is 12.2 Å². The van der Waals surface area contributed by atoms with E-state index in [1.807, 2.05) is 0 Å². The summed E-state index contributed by atoms with van der Waals surface area (Å²) in [6.07, 6.45) is 1.49. The summed E-state index contributed by atoms with van der Waals surface area (Å²) in [5.41, 5.74) is 6.63. The van der Waals surface area contributed by atoms with Crippen LogP contribution in [0.5, 0.6) is 0 Å². The Labute approximate surface area is 121 Å². The van der Waals surface area contributed by atoms with E-state index in [-0.39, 0.29) is 5.69 Å². The van der Waals surface area contributed by atoms with E-state index >= 15 is 0 Å². The molecular weight excluding hydrogens is 280 g/mol. The second-order valence-corrected chi connectivity index (χ2v) is 4.03. The summed E-state index contributed by atoms with van der Waals surface area (Å²) in [5, 5.41) is 21.5. The molecule has 0 spiro atoms. The minimum Gasteiger partial charge on any atom is -0.364 e. The molecule has 1 aromatic rings. The van der Waals surface area contributed by atoms with Crippen molar-refractivity contribution in [3.05, 3.63) is 34.4 Å². The van der Waals surface area contributed by atoms with Gasteiger partial charge < -0.3 is 5.32 Å². The van der Waals surface area contributed by atoms with Crippen LogP contribution in [0.25, 0.3) is 0 Å². The maximum Gasteiger partial charge on any atom is 0.269 e. The molecule has 0 fully saturated rings. The van der Waals surface area contributed by atoms with Crippen LogP contribution in [0.2, 0.25) is 0 Å². The summed E-state index contributed by atoms with van der Waals surface area (Å²) in [7, 11) is 1.68. The molecule has 0 heterocycles. The van der Waals surface area contributed by atoms with Crippen molar-refractivity contribution in [2.24, 2.45) is 10.2 Å². The third kappa shape index (κ3) is 5.40. The molecule has 0 aromatic heterocycles. The Bertz CT molecular complexity index is 540. The molecule has 8 nitrogen and oxygen atoms in total. The number of nitrogens with one attached hydrogen (secondary N) is 3. The van der Waals surface area contributed by atoms with E-state index in [1.165, 1.54) is 18.3 Å². The van der Waals surface area contributed by atoms with Gasteiger partial charge in [-0.1, -0.05) is 0 Å². The molecule has 0 aliphatic rings. The van der Waals surface area contributed by atoms with E-state index in [0.717, 1.165) is 0 Å². The maximum absolute atomic E-state index is 10.5. The summed E-state index contributed by atoms with van der Waals surface area (Å²) in [5.74, 6) is 0. The molecule has 0 aliphatic heterocycles. The Morgan fingerprint density at radius 3 is 2.60 bits per heavy atom. The molecule has 1 rings (SSSR count). The lowest BCUT2D eigenvalue weighted by Crippen LogP contribution is -2.28. The van der Waals surface area contributed by atoms with Gasteiger partial charge in [-0.25, -0.2) is 0 Å². The highest BCUT2D eigenvalue weighted by Crippen LogP contribution is 2.15. The molecule has 0 aliphatic carbocycles. The Hall–Kier alpha value is -2.55. The average molecular weight is 294 g/mol. The van der Waals surface area contributed by atoms with Crippen molar-refractivity contribution >= 4 is 40.6 Å². The van der Waals surface area contributed by atoms with Crippen LogP contribution in [-0.2, 0) is 0 Å². The first-order valence-electron chi connectivity index (χ1n) is 5.58. The SMILES string of the molecule is CNC(=S)N/N=C/C(C)=N/Nc1ccc([N+](=O)[O-])cc1. The van der Waals surface area contributed by atoms with E-state index in [2.05, 4.69) is 26.4 Å². The number of non-ortho nitro benzene ring substituents is 1. The van der Waals surface area contributed by atoms with Gasteiger partial charge in [0.15, 0.2) is 5.11 Å². The van der Waals surface area contributed by atoms with Crippen molar-refractivity contribution in [3.63, 3.8) is 0 Å². The zero-order valence-electron chi connectivity index (χ0n) is 11.0. The van der Waals surface area contributed by atoms with Gasteiger partial charge in [0.25, 0.3) is 5.69 Å². The predicted molar refractivity (Wildman–Crippen MR) is 83.1 cm³/mol. The van der Waals surface area contributed by atoms with Crippen molar-refractivity contribution < 1.29 is 4.92 Å². The van der Waals surface area contributed by atoms with Gasteiger partial charge in [-0.2, -0.15) is 10.2 Å². The predicted octanol–water partition coefficient (Wildman–Crippen LogP) is 1.46. The minimum absolute atomic E-state index is 0.0302. The monoisotopic (exact) mass is 294 g/mol. The molecule has 0 amide bonds.